The molecular formula is C16H14ClFN2O4. The number of hydrogen-bond donors (Lipinski definition) is 1. The molecule has 0 fully saturated rings. The second-order valence-corrected chi connectivity index (χ2v) is 5.32. The summed E-state index contributed by atoms with van der Waals surface area (Å²) in [4.78, 5) is 22.3. The first kappa shape index (κ1) is 17.8. The molecule has 1 N–H and O–H groups in total. The van der Waals surface area contributed by atoms with Crippen molar-refractivity contribution in [3.05, 3.63) is 74.5 Å². The van der Waals surface area contributed by atoms with Gasteiger partial charge in [0.05, 0.1) is 11.0 Å². The van der Waals surface area contributed by atoms with Crippen molar-refractivity contribution in [1.82, 2.24) is 5.32 Å². The van der Waals surface area contributed by atoms with Crippen molar-refractivity contribution in [2.45, 2.75) is 6.10 Å². The van der Waals surface area contributed by atoms with E-state index in [-0.39, 0.29) is 22.8 Å². The maximum atomic E-state index is 13.3. The minimum atomic E-state index is -0.663. The molecule has 0 aliphatic rings. The van der Waals surface area contributed by atoms with E-state index in [1.165, 1.54) is 31.4 Å². The predicted octanol–water partition coefficient (Wildman–Crippen LogP) is 3.50. The highest BCUT2D eigenvalue weighted by atomic mass is 35.5. The van der Waals surface area contributed by atoms with Crippen molar-refractivity contribution in [3.63, 3.8) is 0 Å². The minimum Gasteiger partial charge on any atom is -0.375 e. The fourth-order valence-electron chi connectivity index (χ4n) is 2.13. The summed E-state index contributed by atoms with van der Waals surface area (Å²) in [6.45, 7) is 0.0786. The molecule has 2 rings (SSSR count). The monoisotopic (exact) mass is 352 g/mol. The topological polar surface area (TPSA) is 81.5 Å². The Hall–Kier alpha value is -2.51. The molecule has 126 valence electrons. The Morgan fingerprint density at radius 1 is 1.38 bits per heavy atom. The summed E-state index contributed by atoms with van der Waals surface area (Å²) < 4.78 is 18.5. The largest absolute Gasteiger partial charge is 0.375 e. The van der Waals surface area contributed by atoms with Crippen LogP contribution in [-0.2, 0) is 4.74 Å². The van der Waals surface area contributed by atoms with E-state index in [2.05, 4.69) is 5.32 Å². The van der Waals surface area contributed by atoms with Crippen LogP contribution in [0.2, 0.25) is 5.02 Å². The van der Waals surface area contributed by atoms with Crippen LogP contribution in [0.3, 0.4) is 0 Å². The summed E-state index contributed by atoms with van der Waals surface area (Å²) in [7, 11) is 1.44. The highest BCUT2D eigenvalue weighted by Crippen LogP contribution is 2.25. The number of carbonyl (C=O) groups excluding carboxylic acids is 1. The van der Waals surface area contributed by atoms with Crippen LogP contribution in [0.5, 0.6) is 0 Å². The molecule has 0 radical (unpaired) electrons. The standard InChI is InChI=1S/C16H14ClFN2O4/c1-24-15(10-3-2-4-12(18)7-10)9-19-16(21)11-5-6-13(17)14(8-11)20(22)23/h2-8,15H,9H2,1H3,(H,19,21). The Morgan fingerprint density at radius 2 is 2.12 bits per heavy atom. The van der Waals surface area contributed by atoms with E-state index in [0.717, 1.165) is 6.07 Å². The molecule has 24 heavy (non-hydrogen) atoms. The van der Waals surface area contributed by atoms with Gasteiger partial charge in [0.25, 0.3) is 11.6 Å². The van der Waals surface area contributed by atoms with E-state index in [1.54, 1.807) is 12.1 Å². The fourth-order valence-corrected chi connectivity index (χ4v) is 2.31. The first-order chi connectivity index (χ1) is 11.4. The predicted molar refractivity (Wildman–Crippen MR) is 86.6 cm³/mol. The van der Waals surface area contributed by atoms with E-state index >= 15 is 0 Å². The highest BCUT2D eigenvalue weighted by Gasteiger charge is 2.18. The third-order valence-corrected chi connectivity index (χ3v) is 3.68. The number of benzene rings is 2. The van der Waals surface area contributed by atoms with Gasteiger partial charge in [-0.15, -0.1) is 0 Å². The molecular weight excluding hydrogens is 339 g/mol. The van der Waals surface area contributed by atoms with Crippen molar-refractivity contribution in [1.29, 1.82) is 0 Å². The highest BCUT2D eigenvalue weighted by molar-refractivity contribution is 6.32. The van der Waals surface area contributed by atoms with Crippen LogP contribution in [0.15, 0.2) is 42.5 Å². The van der Waals surface area contributed by atoms with Gasteiger partial charge in [0.1, 0.15) is 10.8 Å². The first-order valence-corrected chi connectivity index (χ1v) is 7.30. The zero-order valence-electron chi connectivity index (χ0n) is 12.7. The average Bonchev–Trinajstić information content (AvgIpc) is 2.55. The molecule has 0 aliphatic carbocycles. The molecule has 0 saturated heterocycles. The normalized spacial score (nSPS) is 11.8. The maximum absolute atomic E-state index is 13.3. The number of rotatable bonds is 6. The molecule has 1 unspecified atom stereocenters. The molecule has 6 nitrogen and oxygen atoms in total. The van der Waals surface area contributed by atoms with Gasteiger partial charge in [-0.3, -0.25) is 14.9 Å². The number of nitro groups is 1. The number of nitrogens with one attached hydrogen (secondary N) is 1. The van der Waals surface area contributed by atoms with Crippen LogP contribution in [0.4, 0.5) is 10.1 Å². The SMILES string of the molecule is COC(CNC(=O)c1ccc(Cl)c([N+](=O)[O-])c1)c1cccc(F)c1. The second kappa shape index (κ2) is 7.85. The van der Waals surface area contributed by atoms with E-state index in [1.807, 2.05) is 0 Å². The summed E-state index contributed by atoms with van der Waals surface area (Å²) in [5, 5.41) is 13.4. The molecule has 0 bridgehead atoms. The van der Waals surface area contributed by atoms with E-state index in [9.17, 15) is 19.3 Å². The zero-order chi connectivity index (χ0) is 17.7. The molecule has 2 aromatic rings. The average molecular weight is 353 g/mol. The number of carbonyl (C=O) groups is 1. The van der Waals surface area contributed by atoms with Gasteiger partial charge in [0.15, 0.2) is 0 Å². The van der Waals surface area contributed by atoms with Gasteiger partial charge in [-0.2, -0.15) is 0 Å². The van der Waals surface area contributed by atoms with E-state index < -0.39 is 22.8 Å². The lowest BCUT2D eigenvalue weighted by atomic mass is 10.1. The maximum Gasteiger partial charge on any atom is 0.288 e. The minimum absolute atomic E-state index is 0.0499. The Balaban J connectivity index is 2.09. The van der Waals surface area contributed by atoms with Gasteiger partial charge in [-0.05, 0) is 29.8 Å². The van der Waals surface area contributed by atoms with Crippen LogP contribution >= 0.6 is 11.6 Å². The van der Waals surface area contributed by atoms with Crippen LogP contribution in [0.1, 0.15) is 22.0 Å². The molecule has 8 heteroatoms. The number of hydrogen-bond acceptors (Lipinski definition) is 4. The Kier molecular flexibility index (Phi) is 5.83. The van der Waals surface area contributed by atoms with Gasteiger partial charge in [0.2, 0.25) is 0 Å². The summed E-state index contributed by atoms with van der Waals surface area (Å²) >= 11 is 5.71. The van der Waals surface area contributed by atoms with Crippen LogP contribution in [0, 0.1) is 15.9 Å². The lowest BCUT2D eigenvalue weighted by Gasteiger charge is -2.16. The van der Waals surface area contributed by atoms with Gasteiger partial charge >= 0.3 is 0 Å². The summed E-state index contributed by atoms with van der Waals surface area (Å²) in [5.74, 6) is -0.928. The van der Waals surface area contributed by atoms with Gasteiger partial charge in [0, 0.05) is 25.3 Å². The quantitative estimate of drug-likeness (QED) is 0.637. The van der Waals surface area contributed by atoms with Crippen molar-refractivity contribution < 1.29 is 18.8 Å². The molecule has 1 amide bonds. The Labute approximate surface area is 142 Å². The number of halogens is 2. The van der Waals surface area contributed by atoms with Crippen LogP contribution < -0.4 is 5.32 Å². The Bertz CT molecular complexity index is 769. The van der Waals surface area contributed by atoms with Gasteiger partial charge < -0.3 is 10.1 Å². The molecule has 0 aromatic heterocycles. The molecule has 1 atom stereocenters. The lowest BCUT2D eigenvalue weighted by molar-refractivity contribution is -0.384. The lowest BCUT2D eigenvalue weighted by Crippen LogP contribution is -2.29. The smallest absolute Gasteiger partial charge is 0.288 e. The second-order valence-electron chi connectivity index (χ2n) is 4.91. The zero-order valence-corrected chi connectivity index (χ0v) is 13.4. The van der Waals surface area contributed by atoms with Crippen molar-refractivity contribution in [2.24, 2.45) is 0 Å². The van der Waals surface area contributed by atoms with E-state index in [0.29, 0.717) is 5.56 Å². The van der Waals surface area contributed by atoms with Crippen molar-refractivity contribution in [3.8, 4) is 0 Å². The number of ether oxygens (including phenoxy) is 1. The number of nitro benzene ring substituents is 1. The molecule has 0 aliphatic heterocycles. The molecule has 0 heterocycles. The molecule has 2 aromatic carbocycles. The number of methoxy groups -OCH3 is 1. The number of nitrogens with zero attached hydrogens (tertiary/aromatic N) is 1. The molecule has 0 spiro atoms. The van der Waals surface area contributed by atoms with Crippen molar-refractivity contribution >= 4 is 23.2 Å². The Morgan fingerprint density at radius 3 is 2.75 bits per heavy atom. The van der Waals surface area contributed by atoms with Crippen LogP contribution in [0.25, 0.3) is 0 Å². The summed E-state index contributed by atoms with van der Waals surface area (Å²) in [6, 6.07) is 9.61. The van der Waals surface area contributed by atoms with Crippen molar-refractivity contribution in [2.75, 3.05) is 13.7 Å². The number of amides is 1. The van der Waals surface area contributed by atoms with Crippen LogP contribution in [-0.4, -0.2) is 24.5 Å². The third-order valence-electron chi connectivity index (χ3n) is 3.36. The van der Waals surface area contributed by atoms with Gasteiger partial charge in [-0.1, -0.05) is 23.7 Å². The fraction of sp³-hybridized carbons (Fsp3) is 0.188. The summed E-state index contributed by atoms with van der Waals surface area (Å²) in [6.07, 6.45) is -0.549. The van der Waals surface area contributed by atoms with E-state index in [4.69, 9.17) is 16.3 Å². The third kappa shape index (κ3) is 4.27. The summed E-state index contributed by atoms with van der Waals surface area (Å²) in [5.41, 5.74) is 0.317. The van der Waals surface area contributed by atoms with Gasteiger partial charge in [-0.25, -0.2) is 4.39 Å². The molecule has 0 saturated carbocycles. The first-order valence-electron chi connectivity index (χ1n) is 6.92.